The Labute approximate surface area is 237 Å². The molecule has 2 atom stereocenters. The van der Waals surface area contributed by atoms with Gasteiger partial charge in [0, 0.05) is 42.3 Å². The molecule has 212 valence electrons. The molecule has 4 aromatic rings. The van der Waals surface area contributed by atoms with Crippen molar-refractivity contribution in [1.82, 2.24) is 24.8 Å². The molecule has 41 heavy (non-hydrogen) atoms. The van der Waals surface area contributed by atoms with Crippen LogP contribution in [0.4, 0.5) is 11.6 Å². The zero-order valence-electron chi connectivity index (χ0n) is 23.3. The first-order chi connectivity index (χ1) is 19.9. The van der Waals surface area contributed by atoms with Gasteiger partial charge >= 0.3 is 0 Å². The summed E-state index contributed by atoms with van der Waals surface area (Å²) in [6.07, 6.45) is 4.45. The number of methoxy groups -OCH3 is 2. The molecule has 0 fully saturated rings. The molecule has 0 saturated carbocycles. The maximum atomic E-state index is 13.6. The number of pyridine rings is 2. The van der Waals surface area contributed by atoms with E-state index in [1.54, 1.807) is 37.2 Å². The van der Waals surface area contributed by atoms with Crippen molar-refractivity contribution in [3.8, 4) is 11.5 Å². The van der Waals surface area contributed by atoms with Gasteiger partial charge in [-0.25, -0.2) is 9.97 Å². The summed E-state index contributed by atoms with van der Waals surface area (Å²) in [7, 11) is 3.21. The number of carbonyl (C=O) groups excluding carboxylic acids is 1. The molecule has 3 aromatic heterocycles. The molecule has 4 N–H and O–H groups in total. The predicted molar refractivity (Wildman–Crippen MR) is 155 cm³/mol. The number of benzene rings is 1. The van der Waals surface area contributed by atoms with E-state index in [1.165, 1.54) is 0 Å². The number of aromatic nitrogens is 4. The van der Waals surface area contributed by atoms with Gasteiger partial charge < -0.3 is 25.8 Å². The second-order valence-corrected chi connectivity index (χ2v) is 9.86. The summed E-state index contributed by atoms with van der Waals surface area (Å²) in [6.45, 7) is 2.50. The van der Waals surface area contributed by atoms with Crippen LogP contribution < -0.4 is 31.4 Å². The molecule has 1 aromatic carbocycles. The van der Waals surface area contributed by atoms with Crippen LogP contribution in [0.5, 0.6) is 11.5 Å². The monoisotopic (exact) mass is 555 g/mol. The fourth-order valence-corrected chi connectivity index (χ4v) is 5.05. The number of fused-ring (bicyclic) bond motifs is 1. The van der Waals surface area contributed by atoms with Crippen molar-refractivity contribution in [1.29, 1.82) is 0 Å². The first-order valence-corrected chi connectivity index (χ1v) is 13.4. The number of anilines is 2. The Balaban J connectivity index is 1.35. The van der Waals surface area contributed by atoms with E-state index in [0.717, 1.165) is 34.0 Å². The molecule has 5 rings (SSSR count). The highest BCUT2D eigenvalue weighted by atomic mass is 16.5. The second-order valence-electron chi connectivity index (χ2n) is 9.86. The zero-order chi connectivity index (χ0) is 28.9. The van der Waals surface area contributed by atoms with Gasteiger partial charge in [0.1, 0.15) is 23.4 Å². The van der Waals surface area contributed by atoms with Crippen molar-refractivity contribution in [2.75, 3.05) is 31.8 Å². The lowest BCUT2D eigenvalue weighted by molar-refractivity contribution is -0.124. The predicted octanol–water partition coefficient (Wildman–Crippen LogP) is 2.99. The molecule has 0 unspecified atom stereocenters. The summed E-state index contributed by atoms with van der Waals surface area (Å²) in [5.74, 6) is 1.59. The van der Waals surface area contributed by atoms with Gasteiger partial charge in [-0.15, -0.1) is 0 Å². The average Bonchev–Trinajstić information content (AvgIpc) is 3.43. The molecule has 11 nitrogen and oxygen atoms in total. The van der Waals surface area contributed by atoms with Crippen LogP contribution in [-0.4, -0.2) is 46.2 Å². The van der Waals surface area contributed by atoms with Gasteiger partial charge in [0.15, 0.2) is 5.82 Å². The molecular formula is C30H33N7O4. The smallest absolute Gasteiger partial charge is 0.294 e. The second kappa shape index (κ2) is 12.1. The van der Waals surface area contributed by atoms with Gasteiger partial charge in [-0.05, 0) is 61.2 Å². The fraction of sp³-hybridized carbons (Fsp3) is 0.300. The van der Waals surface area contributed by atoms with E-state index in [4.69, 9.17) is 15.2 Å². The first-order valence-electron chi connectivity index (χ1n) is 13.4. The molecule has 1 aliphatic rings. The first kappa shape index (κ1) is 27.6. The normalized spacial score (nSPS) is 14.7. The number of aryl methyl sites for hydroxylation is 2. The van der Waals surface area contributed by atoms with Crippen LogP contribution in [0.25, 0.3) is 0 Å². The third-order valence-corrected chi connectivity index (χ3v) is 7.38. The molecule has 11 heteroatoms. The largest absolute Gasteiger partial charge is 0.497 e. The number of hydrogen-bond acceptors (Lipinski definition) is 9. The Kier molecular flexibility index (Phi) is 8.14. The van der Waals surface area contributed by atoms with Gasteiger partial charge in [0.05, 0.1) is 20.4 Å². The number of nitrogens with one attached hydrogen (secondary N) is 2. The SMILES string of the molecule is COc1ccc([C@@H](CNc2ncc3n(c2=O)[C@H](C(=O)NCc2ccc(N)nc2C)CC3)c2ccc(OC)cn2)cc1. The number of carbonyl (C=O) groups is 1. The summed E-state index contributed by atoms with van der Waals surface area (Å²) in [5.41, 5.74) is 9.55. The number of rotatable bonds is 10. The van der Waals surface area contributed by atoms with Gasteiger partial charge in [0.25, 0.3) is 5.56 Å². The van der Waals surface area contributed by atoms with E-state index in [2.05, 4.69) is 25.6 Å². The van der Waals surface area contributed by atoms with Crippen LogP contribution in [0.1, 0.15) is 46.6 Å². The number of nitrogens with two attached hydrogens (primary N) is 1. The van der Waals surface area contributed by atoms with E-state index in [-0.39, 0.29) is 23.2 Å². The van der Waals surface area contributed by atoms with Gasteiger partial charge in [-0.2, -0.15) is 0 Å². The molecule has 4 heterocycles. The summed E-state index contributed by atoms with van der Waals surface area (Å²) >= 11 is 0. The molecule has 1 amide bonds. The van der Waals surface area contributed by atoms with Crippen LogP contribution in [0.15, 0.2) is 65.7 Å². The Morgan fingerprint density at radius 2 is 1.80 bits per heavy atom. The van der Waals surface area contributed by atoms with Crippen molar-refractivity contribution < 1.29 is 14.3 Å². The lowest BCUT2D eigenvalue weighted by Gasteiger charge is -2.20. The van der Waals surface area contributed by atoms with Crippen LogP contribution >= 0.6 is 0 Å². The molecule has 0 saturated heterocycles. The average molecular weight is 556 g/mol. The van der Waals surface area contributed by atoms with E-state index < -0.39 is 6.04 Å². The molecule has 0 spiro atoms. The number of nitrogens with zero attached hydrogens (tertiary/aromatic N) is 4. The maximum absolute atomic E-state index is 13.6. The van der Waals surface area contributed by atoms with Crippen molar-refractivity contribution >= 4 is 17.5 Å². The summed E-state index contributed by atoms with van der Waals surface area (Å²) < 4.78 is 12.1. The summed E-state index contributed by atoms with van der Waals surface area (Å²) in [6, 6.07) is 14.4. The van der Waals surface area contributed by atoms with Crippen LogP contribution in [0.3, 0.4) is 0 Å². The van der Waals surface area contributed by atoms with Crippen molar-refractivity contribution in [3.05, 3.63) is 99.5 Å². The Morgan fingerprint density at radius 1 is 1.05 bits per heavy atom. The molecular weight excluding hydrogens is 522 g/mol. The highest BCUT2D eigenvalue weighted by molar-refractivity contribution is 5.81. The minimum atomic E-state index is -0.622. The quantitative estimate of drug-likeness (QED) is 0.269. The highest BCUT2D eigenvalue weighted by Crippen LogP contribution is 2.28. The van der Waals surface area contributed by atoms with E-state index >= 15 is 0 Å². The van der Waals surface area contributed by atoms with E-state index in [1.807, 2.05) is 49.4 Å². The lowest BCUT2D eigenvalue weighted by Crippen LogP contribution is -2.36. The molecule has 0 aliphatic carbocycles. The maximum Gasteiger partial charge on any atom is 0.294 e. The lowest BCUT2D eigenvalue weighted by atomic mass is 9.95. The van der Waals surface area contributed by atoms with Gasteiger partial charge in [-0.3, -0.25) is 19.1 Å². The number of ether oxygens (including phenoxy) is 2. The Morgan fingerprint density at radius 3 is 2.49 bits per heavy atom. The standard InChI is InChI=1S/C30H33N7O4/c1-18-20(6-13-27(31)36-18)14-35-29(38)26-12-7-21-15-33-28(30(39)37(21)26)34-17-24(19-4-8-22(40-2)9-5-19)25-11-10-23(41-3)16-32-25/h4-6,8-11,13,15-16,24,26H,7,12,14,17H2,1-3H3,(H2,31,36)(H,33,34)(H,35,38)/t24-,26+/m1/s1. The van der Waals surface area contributed by atoms with Crippen LogP contribution in [-0.2, 0) is 17.8 Å². The number of nitrogen functional groups attached to an aromatic ring is 1. The van der Waals surface area contributed by atoms with Crippen molar-refractivity contribution in [2.24, 2.45) is 0 Å². The van der Waals surface area contributed by atoms with Gasteiger partial charge in [-0.1, -0.05) is 18.2 Å². The third-order valence-electron chi connectivity index (χ3n) is 7.38. The highest BCUT2D eigenvalue weighted by Gasteiger charge is 2.31. The summed E-state index contributed by atoms with van der Waals surface area (Å²) in [4.78, 5) is 40.0. The summed E-state index contributed by atoms with van der Waals surface area (Å²) in [5, 5.41) is 6.18. The van der Waals surface area contributed by atoms with Crippen LogP contribution in [0.2, 0.25) is 0 Å². The zero-order valence-corrected chi connectivity index (χ0v) is 23.3. The van der Waals surface area contributed by atoms with E-state index in [0.29, 0.717) is 37.5 Å². The van der Waals surface area contributed by atoms with Crippen LogP contribution in [0, 0.1) is 6.92 Å². The molecule has 0 bridgehead atoms. The van der Waals surface area contributed by atoms with Gasteiger partial charge in [0.2, 0.25) is 5.91 Å². The third kappa shape index (κ3) is 5.98. The van der Waals surface area contributed by atoms with Crippen molar-refractivity contribution in [3.63, 3.8) is 0 Å². The van der Waals surface area contributed by atoms with E-state index in [9.17, 15) is 9.59 Å². The Bertz CT molecular complexity index is 1540. The minimum absolute atomic E-state index is 0.180. The number of hydrogen-bond donors (Lipinski definition) is 3. The number of amides is 1. The topological polar surface area (TPSA) is 146 Å². The minimum Gasteiger partial charge on any atom is -0.497 e. The fourth-order valence-electron chi connectivity index (χ4n) is 5.05. The van der Waals surface area contributed by atoms with Crippen molar-refractivity contribution in [2.45, 2.75) is 38.3 Å². The Hall–Kier alpha value is -4.93. The molecule has 0 radical (unpaired) electrons. The molecule has 1 aliphatic heterocycles.